The maximum Gasteiger partial charge on any atom is 0.260 e. The number of carbonyl (C=O) groups is 2. The highest BCUT2D eigenvalue weighted by molar-refractivity contribution is 6.30. The second-order valence-electron chi connectivity index (χ2n) is 6.59. The van der Waals surface area contributed by atoms with Crippen LogP contribution in [0.1, 0.15) is 34.1 Å². The molecule has 23 heavy (non-hydrogen) atoms. The number of amides is 2. The van der Waals surface area contributed by atoms with Crippen molar-refractivity contribution in [3.63, 3.8) is 0 Å². The van der Waals surface area contributed by atoms with Crippen molar-refractivity contribution in [1.82, 2.24) is 10.6 Å². The Bertz CT molecular complexity index is 524. The molecule has 0 aliphatic rings. The molecule has 0 saturated carbocycles. The Morgan fingerprint density at radius 2 is 1.70 bits per heavy atom. The first-order valence-electron chi connectivity index (χ1n) is 7.64. The highest BCUT2D eigenvalue weighted by Crippen LogP contribution is 2.18. The average Bonchev–Trinajstić information content (AvgIpc) is 2.44. The van der Waals surface area contributed by atoms with E-state index in [1.807, 2.05) is 20.8 Å². The lowest BCUT2D eigenvalue weighted by molar-refractivity contribution is -0.127. The summed E-state index contributed by atoms with van der Waals surface area (Å²) in [6.07, 6.45) is -0.168. The lowest BCUT2D eigenvalue weighted by Gasteiger charge is -2.18. The third-order valence-corrected chi connectivity index (χ3v) is 3.18. The van der Waals surface area contributed by atoms with Gasteiger partial charge in [0.05, 0.1) is 0 Å². The zero-order chi connectivity index (χ0) is 17.5. The number of halogens is 1. The van der Waals surface area contributed by atoms with E-state index in [1.165, 1.54) is 0 Å². The predicted molar refractivity (Wildman–Crippen MR) is 91.6 cm³/mol. The smallest absolute Gasteiger partial charge is 0.260 e. The van der Waals surface area contributed by atoms with E-state index in [-0.39, 0.29) is 17.2 Å². The molecule has 0 aliphatic carbocycles. The van der Waals surface area contributed by atoms with E-state index in [1.54, 1.807) is 31.2 Å². The minimum atomic E-state index is -0.624. The third kappa shape index (κ3) is 8.45. The van der Waals surface area contributed by atoms with Gasteiger partial charge in [-0.05, 0) is 36.6 Å². The first-order valence-corrected chi connectivity index (χ1v) is 8.02. The van der Waals surface area contributed by atoms with Gasteiger partial charge in [-0.1, -0.05) is 32.4 Å². The molecule has 0 spiro atoms. The normalized spacial score (nSPS) is 12.4. The molecular weight excluding hydrogens is 316 g/mol. The molecule has 2 N–H and O–H groups in total. The topological polar surface area (TPSA) is 67.4 Å². The van der Waals surface area contributed by atoms with Gasteiger partial charge in [0.2, 0.25) is 5.91 Å². The zero-order valence-corrected chi connectivity index (χ0v) is 14.9. The van der Waals surface area contributed by atoms with Crippen molar-refractivity contribution in [2.45, 2.75) is 40.2 Å². The number of nitrogens with one attached hydrogen (secondary N) is 2. The Balaban J connectivity index is 2.25. The predicted octanol–water partition coefficient (Wildman–Crippen LogP) is 2.78. The van der Waals surface area contributed by atoms with Crippen LogP contribution in [-0.2, 0) is 9.59 Å². The Morgan fingerprint density at radius 3 is 2.26 bits per heavy atom. The van der Waals surface area contributed by atoms with E-state index in [9.17, 15) is 9.59 Å². The molecule has 1 unspecified atom stereocenters. The van der Waals surface area contributed by atoms with Crippen LogP contribution in [0.15, 0.2) is 24.3 Å². The standard InChI is InChI=1S/C17H25ClN2O3/c1-12(23-14-7-5-13(18)6-8-14)16(22)20-10-9-19-15(21)11-17(2,3)4/h5-8,12H,9-11H2,1-4H3,(H,19,21)(H,20,22). The fourth-order valence-corrected chi connectivity index (χ4v) is 1.97. The van der Waals surface area contributed by atoms with Crippen LogP contribution < -0.4 is 15.4 Å². The third-order valence-electron chi connectivity index (χ3n) is 2.93. The summed E-state index contributed by atoms with van der Waals surface area (Å²) >= 11 is 5.79. The minimum Gasteiger partial charge on any atom is -0.481 e. The Hall–Kier alpha value is -1.75. The summed E-state index contributed by atoms with van der Waals surface area (Å²) in [5, 5.41) is 6.12. The molecule has 0 aliphatic heterocycles. The van der Waals surface area contributed by atoms with Crippen LogP contribution in [0.25, 0.3) is 0 Å². The molecule has 0 fully saturated rings. The Morgan fingerprint density at radius 1 is 1.13 bits per heavy atom. The van der Waals surface area contributed by atoms with Gasteiger partial charge in [0.25, 0.3) is 5.91 Å². The molecule has 6 heteroatoms. The number of benzene rings is 1. The monoisotopic (exact) mass is 340 g/mol. The highest BCUT2D eigenvalue weighted by Gasteiger charge is 2.16. The lowest BCUT2D eigenvalue weighted by Crippen LogP contribution is -2.41. The van der Waals surface area contributed by atoms with E-state index in [0.29, 0.717) is 30.3 Å². The van der Waals surface area contributed by atoms with Gasteiger partial charge in [-0.15, -0.1) is 0 Å². The first kappa shape index (κ1) is 19.3. The second-order valence-corrected chi connectivity index (χ2v) is 7.03. The van der Waals surface area contributed by atoms with E-state index in [0.717, 1.165) is 0 Å². The highest BCUT2D eigenvalue weighted by atomic mass is 35.5. The van der Waals surface area contributed by atoms with Crippen molar-refractivity contribution < 1.29 is 14.3 Å². The van der Waals surface area contributed by atoms with E-state index in [2.05, 4.69) is 10.6 Å². The Kier molecular flexibility index (Phi) is 7.36. The van der Waals surface area contributed by atoms with Crippen molar-refractivity contribution in [3.05, 3.63) is 29.3 Å². The average molecular weight is 341 g/mol. The molecular formula is C17H25ClN2O3. The molecule has 5 nitrogen and oxygen atoms in total. The van der Waals surface area contributed by atoms with Crippen LogP contribution in [0.3, 0.4) is 0 Å². The quantitative estimate of drug-likeness (QED) is 0.750. The van der Waals surface area contributed by atoms with Gasteiger partial charge in [0.15, 0.2) is 6.10 Å². The van der Waals surface area contributed by atoms with Crippen LogP contribution in [-0.4, -0.2) is 31.0 Å². The van der Waals surface area contributed by atoms with Crippen LogP contribution in [0.4, 0.5) is 0 Å². The molecule has 0 heterocycles. The molecule has 0 aromatic heterocycles. The number of rotatable bonds is 7. The van der Waals surface area contributed by atoms with Gasteiger partial charge in [-0.2, -0.15) is 0 Å². The largest absolute Gasteiger partial charge is 0.481 e. The first-order chi connectivity index (χ1) is 10.7. The van der Waals surface area contributed by atoms with Gasteiger partial charge in [-0.3, -0.25) is 9.59 Å². The van der Waals surface area contributed by atoms with Gasteiger partial charge in [-0.25, -0.2) is 0 Å². The number of hydrogen-bond acceptors (Lipinski definition) is 3. The number of hydrogen-bond donors (Lipinski definition) is 2. The summed E-state index contributed by atoms with van der Waals surface area (Å²) in [6.45, 7) is 8.44. The fourth-order valence-electron chi connectivity index (χ4n) is 1.85. The maximum atomic E-state index is 11.9. The molecule has 2 amide bonds. The van der Waals surface area contributed by atoms with Gasteiger partial charge < -0.3 is 15.4 Å². The van der Waals surface area contributed by atoms with Crippen molar-refractivity contribution in [3.8, 4) is 5.75 Å². The number of carbonyl (C=O) groups excluding carboxylic acids is 2. The minimum absolute atomic E-state index is 0.0165. The summed E-state index contributed by atoms with van der Waals surface area (Å²) in [5.41, 5.74) is -0.0474. The van der Waals surface area contributed by atoms with Gasteiger partial charge >= 0.3 is 0 Å². The van der Waals surface area contributed by atoms with Crippen LogP contribution in [0, 0.1) is 5.41 Å². The van der Waals surface area contributed by atoms with E-state index < -0.39 is 6.10 Å². The SMILES string of the molecule is CC(Oc1ccc(Cl)cc1)C(=O)NCCNC(=O)CC(C)(C)C. The van der Waals surface area contributed by atoms with Gasteiger partial charge in [0, 0.05) is 24.5 Å². The maximum absolute atomic E-state index is 11.9. The molecule has 1 rings (SSSR count). The number of ether oxygens (including phenoxy) is 1. The summed E-state index contributed by atoms with van der Waals surface area (Å²) in [4.78, 5) is 23.6. The van der Waals surface area contributed by atoms with Crippen LogP contribution in [0.5, 0.6) is 5.75 Å². The molecule has 0 bridgehead atoms. The van der Waals surface area contributed by atoms with E-state index in [4.69, 9.17) is 16.3 Å². The lowest BCUT2D eigenvalue weighted by atomic mass is 9.92. The summed E-state index contributed by atoms with van der Waals surface area (Å²) < 4.78 is 5.52. The fraction of sp³-hybridized carbons (Fsp3) is 0.529. The van der Waals surface area contributed by atoms with Crippen LogP contribution >= 0.6 is 11.6 Å². The molecule has 0 radical (unpaired) electrons. The molecule has 1 aromatic carbocycles. The van der Waals surface area contributed by atoms with E-state index >= 15 is 0 Å². The second kappa shape index (κ2) is 8.77. The van der Waals surface area contributed by atoms with Crippen molar-refractivity contribution in [2.75, 3.05) is 13.1 Å². The van der Waals surface area contributed by atoms with Crippen molar-refractivity contribution >= 4 is 23.4 Å². The van der Waals surface area contributed by atoms with Crippen molar-refractivity contribution in [1.29, 1.82) is 0 Å². The summed E-state index contributed by atoms with van der Waals surface area (Å²) in [7, 11) is 0. The Labute approximate surface area is 142 Å². The summed E-state index contributed by atoms with van der Waals surface area (Å²) in [5.74, 6) is 0.331. The molecule has 128 valence electrons. The summed E-state index contributed by atoms with van der Waals surface area (Å²) in [6, 6.07) is 6.82. The van der Waals surface area contributed by atoms with Crippen LogP contribution in [0.2, 0.25) is 5.02 Å². The molecule has 1 aromatic rings. The van der Waals surface area contributed by atoms with Crippen molar-refractivity contribution in [2.24, 2.45) is 5.41 Å². The molecule has 1 atom stereocenters. The zero-order valence-electron chi connectivity index (χ0n) is 14.1. The molecule has 0 saturated heterocycles. The van der Waals surface area contributed by atoms with Gasteiger partial charge in [0.1, 0.15) is 5.75 Å².